The third-order valence-electron chi connectivity index (χ3n) is 9.30. The van der Waals surface area contributed by atoms with E-state index >= 15 is 0 Å². The van der Waals surface area contributed by atoms with Crippen LogP contribution in [0.5, 0.6) is 11.5 Å². The van der Waals surface area contributed by atoms with Gasteiger partial charge in [-0.05, 0) is 56.8 Å². The molecule has 0 aromatic heterocycles. The Hall–Kier alpha value is -2.61. The van der Waals surface area contributed by atoms with Crippen molar-refractivity contribution < 1.29 is 24.9 Å². The van der Waals surface area contributed by atoms with Crippen LogP contribution in [0.25, 0.3) is 0 Å². The van der Waals surface area contributed by atoms with Gasteiger partial charge in [-0.1, -0.05) is 35.9 Å². The van der Waals surface area contributed by atoms with Gasteiger partial charge in [-0.2, -0.15) is 0 Å². The first-order chi connectivity index (χ1) is 16.7. The van der Waals surface area contributed by atoms with Gasteiger partial charge in [0.2, 0.25) is 5.91 Å². The molecular weight excluding hydrogens is 444 g/mol. The summed E-state index contributed by atoms with van der Waals surface area (Å²) in [4.78, 5) is 17.2. The fourth-order valence-corrected chi connectivity index (χ4v) is 7.69. The maximum atomic E-state index is 13.4. The zero-order valence-corrected chi connectivity index (χ0v) is 20.6. The number of benzene rings is 2. The number of piperidine rings is 1. The molecule has 2 aliphatic heterocycles. The molecule has 1 spiro atoms. The highest BCUT2D eigenvalue weighted by Crippen LogP contribution is 2.65. The van der Waals surface area contributed by atoms with Crippen LogP contribution in [0.15, 0.2) is 36.4 Å². The van der Waals surface area contributed by atoms with Crippen molar-refractivity contribution in [1.29, 1.82) is 0 Å². The fraction of sp³-hybridized carbons (Fsp3) is 0.536. The Morgan fingerprint density at radius 3 is 2.86 bits per heavy atom. The molecule has 3 N–H and O–H groups in total. The first-order valence-corrected chi connectivity index (χ1v) is 12.6. The van der Waals surface area contributed by atoms with Crippen LogP contribution < -0.4 is 4.74 Å². The number of likely N-dealkylation sites (tertiary alicyclic amines) is 1. The number of ether oxygens (including phenoxy) is 1. The predicted octanol–water partition coefficient (Wildman–Crippen LogP) is 1.92. The van der Waals surface area contributed by atoms with E-state index in [0.29, 0.717) is 44.4 Å². The number of hydrogen-bond donors (Lipinski definition) is 3. The van der Waals surface area contributed by atoms with Gasteiger partial charge in [0.25, 0.3) is 0 Å². The molecule has 6 rings (SSSR count). The number of β-amino-alcohol motifs (C(OH)–C–C–N with tert-alkyl or cyclic N) is 1. The molecule has 2 heterocycles. The van der Waals surface area contributed by atoms with Crippen LogP contribution in [0.3, 0.4) is 0 Å². The van der Waals surface area contributed by atoms with Crippen molar-refractivity contribution in [1.82, 2.24) is 9.80 Å². The number of aromatic hydroxyl groups is 1. The average molecular weight is 479 g/mol. The van der Waals surface area contributed by atoms with Gasteiger partial charge in [-0.25, -0.2) is 0 Å². The van der Waals surface area contributed by atoms with Gasteiger partial charge in [0.15, 0.2) is 11.5 Å². The van der Waals surface area contributed by atoms with Crippen molar-refractivity contribution in [3.05, 3.63) is 58.7 Å². The monoisotopic (exact) mass is 478 g/mol. The largest absolute Gasteiger partial charge is 0.504 e. The van der Waals surface area contributed by atoms with Crippen LogP contribution in [-0.2, 0) is 23.1 Å². The minimum atomic E-state index is -1.21. The molecule has 2 aromatic carbocycles. The van der Waals surface area contributed by atoms with Crippen molar-refractivity contribution in [2.24, 2.45) is 0 Å². The molecule has 186 valence electrons. The quantitative estimate of drug-likeness (QED) is 0.622. The van der Waals surface area contributed by atoms with Gasteiger partial charge in [0.05, 0.1) is 23.2 Å². The molecule has 0 radical (unpaired) electrons. The number of aryl methyl sites for hydroxylation is 2. The second kappa shape index (κ2) is 7.69. The number of likely N-dealkylation sites (N-methyl/N-ethyl adjacent to an activating group) is 2. The Kier molecular flexibility index (Phi) is 5.02. The topological polar surface area (TPSA) is 93.5 Å². The van der Waals surface area contributed by atoms with Crippen LogP contribution in [0.4, 0.5) is 0 Å². The summed E-state index contributed by atoms with van der Waals surface area (Å²) in [6.45, 7) is 2.45. The molecule has 1 amide bonds. The maximum absolute atomic E-state index is 13.4. The molecule has 4 aliphatic rings. The Morgan fingerprint density at radius 1 is 1.29 bits per heavy atom. The van der Waals surface area contributed by atoms with Crippen LogP contribution in [0.2, 0.25) is 0 Å². The normalized spacial score (nSPS) is 34.8. The molecule has 7 heteroatoms. The average Bonchev–Trinajstić information content (AvgIpc) is 3.20. The molecule has 2 fully saturated rings. The second-order valence-electron chi connectivity index (χ2n) is 11.1. The number of carbonyl (C=O) groups excluding carboxylic acids is 1. The number of hydrogen-bond acceptors (Lipinski definition) is 6. The summed E-state index contributed by atoms with van der Waals surface area (Å²) >= 11 is 0. The van der Waals surface area contributed by atoms with E-state index in [1.165, 1.54) is 5.56 Å². The number of amides is 1. The highest BCUT2D eigenvalue weighted by molar-refractivity contribution is 5.77. The summed E-state index contributed by atoms with van der Waals surface area (Å²) in [5, 5.41) is 34.6. The molecule has 3 unspecified atom stereocenters. The molecular formula is C28H34N2O5. The Bertz CT molecular complexity index is 1200. The number of nitrogens with zero attached hydrogens (tertiary/aromatic N) is 2. The van der Waals surface area contributed by atoms with Gasteiger partial charge in [-0.3, -0.25) is 9.69 Å². The lowest BCUT2D eigenvalue weighted by Crippen LogP contribution is -2.82. The first-order valence-electron chi connectivity index (χ1n) is 12.6. The zero-order chi connectivity index (χ0) is 24.7. The molecule has 2 aromatic rings. The summed E-state index contributed by atoms with van der Waals surface area (Å²) < 4.78 is 6.46. The number of rotatable bonds is 4. The number of aliphatic hydroxyl groups is 2. The predicted molar refractivity (Wildman–Crippen MR) is 131 cm³/mol. The van der Waals surface area contributed by atoms with Crippen molar-refractivity contribution in [2.45, 2.75) is 74.3 Å². The third kappa shape index (κ3) is 2.92. The van der Waals surface area contributed by atoms with Crippen LogP contribution >= 0.6 is 0 Å². The van der Waals surface area contributed by atoms with Crippen molar-refractivity contribution in [3.63, 3.8) is 0 Å². The molecule has 1 saturated carbocycles. The Labute approximate surface area is 205 Å². The smallest absolute Gasteiger partial charge is 0.223 e. The summed E-state index contributed by atoms with van der Waals surface area (Å²) in [6, 6.07) is 11.2. The van der Waals surface area contributed by atoms with E-state index in [9.17, 15) is 20.1 Å². The highest BCUT2D eigenvalue weighted by atomic mass is 16.5. The van der Waals surface area contributed by atoms with E-state index in [0.717, 1.165) is 16.7 Å². The van der Waals surface area contributed by atoms with Crippen LogP contribution in [0.1, 0.15) is 41.5 Å². The highest BCUT2D eigenvalue weighted by Gasteiger charge is 2.76. The van der Waals surface area contributed by atoms with Gasteiger partial charge < -0.3 is 25.0 Å². The lowest BCUT2D eigenvalue weighted by molar-refractivity contribution is -0.232. The van der Waals surface area contributed by atoms with Crippen molar-refractivity contribution in [3.8, 4) is 11.5 Å². The van der Waals surface area contributed by atoms with Gasteiger partial charge in [0.1, 0.15) is 6.10 Å². The summed E-state index contributed by atoms with van der Waals surface area (Å²) in [7, 11) is 3.75. The summed E-state index contributed by atoms with van der Waals surface area (Å²) in [6.07, 6.45) is 1.15. The number of carbonyl (C=O) groups is 1. The zero-order valence-electron chi connectivity index (χ0n) is 20.6. The standard InChI is InChI=1S/C28H34N2O5/c1-16-5-4-6-17(13-16)7-10-23(33)30(3)19-11-12-27(34)21-14-18-8-9-20(31)25-24(18)28(27,26(19)35-25)22(32)15-29(21)2/h4-6,8-9,13,19,21-22,26,31-32,34H,7,10-12,14-15H2,1-3H3/t19?,21-,22?,26?,27-,28+/m1/s1. The van der Waals surface area contributed by atoms with Gasteiger partial charge in [0, 0.05) is 31.6 Å². The molecule has 35 heavy (non-hydrogen) atoms. The number of aliphatic hydroxyl groups excluding tert-OH is 1. The summed E-state index contributed by atoms with van der Waals surface area (Å²) in [5.41, 5.74) is 1.74. The second-order valence-corrected chi connectivity index (χ2v) is 11.1. The van der Waals surface area contributed by atoms with E-state index in [1.54, 1.807) is 18.0 Å². The van der Waals surface area contributed by atoms with E-state index in [4.69, 9.17) is 4.74 Å². The Morgan fingerprint density at radius 2 is 2.09 bits per heavy atom. The first kappa shape index (κ1) is 22.8. The third-order valence-corrected chi connectivity index (χ3v) is 9.30. The van der Waals surface area contributed by atoms with Gasteiger partial charge in [-0.15, -0.1) is 0 Å². The van der Waals surface area contributed by atoms with E-state index < -0.39 is 23.2 Å². The van der Waals surface area contributed by atoms with Crippen LogP contribution in [-0.4, -0.2) is 81.6 Å². The molecule has 7 nitrogen and oxygen atoms in total. The van der Waals surface area contributed by atoms with Gasteiger partial charge >= 0.3 is 0 Å². The van der Waals surface area contributed by atoms with Crippen LogP contribution in [0, 0.1) is 6.92 Å². The lowest BCUT2D eigenvalue weighted by Gasteiger charge is -2.65. The lowest BCUT2D eigenvalue weighted by atomic mass is 9.47. The Balaban J connectivity index is 1.37. The minimum absolute atomic E-state index is 0.0112. The summed E-state index contributed by atoms with van der Waals surface area (Å²) in [5.74, 6) is 0.393. The minimum Gasteiger partial charge on any atom is -0.504 e. The number of phenols is 1. The molecule has 1 saturated heterocycles. The van der Waals surface area contributed by atoms with Crippen molar-refractivity contribution in [2.75, 3.05) is 20.6 Å². The fourth-order valence-electron chi connectivity index (χ4n) is 7.69. The van der Waals surface area contributed by atoms with E-state index in [1.807, 2.05) is 38.2 Å². The van der Waals surface area contributed by atoms with E-state index in [-0.39, 0.29) is 23.7 Å². The van der Waals surface area contributed by atoms with E-state index in [2.05, 4.69) is 11.0 Å². The SMILES string of the molecule is Cc1cccc(CCC(=O)N(C)C2CC[C@@]3(O)[C@H]4Cc5ccc(O)c6c5[C@@]3(C(O)CN4C)C2O6)c1. The molecule has 2 aliphatic carbocycles. The molecule has 6 atom stereocenters. The maximum Gasteiger partial charge on any atom is 0.223 e. The number of phenolic OH excluding ortho intramolecular Hbond substituents is 1. The van der Waals surface area contributed by atoms with Crippen molar-refractivity contribution >= 4 is 5.91 Å². The molecule has 2 bridgehead atoms.